The molecule has 0 aromatic heterocycles. The van der Waals surface area contributed by atoms with Gasteiger partial charge in [-0.3, -0.25) is 9.59 Å². The Balaban J connectivity index is 2.07. The lowest BCUT2D eigenvalue weighted by atomic mass is 9.96. The van der Waals surface area contributed by atoms with Crippen LogP contribution < -0.4 is 4.74 Å². The number of carboxylic acids is 1. The molecule has 22 heavy (non-hydrogen) atoms. The highest BCUT2D eigenvalue weighted by Gasteiger charge is 2.37. The molecule has 1 aromatic rings. The van der Waals surface area contributed by atoms with Crippen molar-refractivity contribution in [1.29, 1.82) is 0 Å². The number of carboxylic acid groups (broad SMARTS) is 1. The Hall–Kier alpha value is -1.75. The maximum absolute atomic E-state index is 12.7. The first-order valence-electron chi connectivity index (χ1n) is 7.26. The number of piperidine rings is 1. The molecule has 1 saturated heterocycles. The molecule has 1 heterocycles. The smallest absolute Gasteiger partial charge is 0.308 e. The van der Waals surface area contributed by atoms with Gasteiger partial charge in [0, 0.05) is 18.1 Å². The highest BCUT2D eigenvalue weighted by Crippen LogP contribution is 2.25. The molecule has 1 fully saturated rings. The lowest BCUT2D eigenvalue weighted by Gasteiger charge is -2.36. The fourth-order valence-electron chi connectivity index (χ4n) is 2.61. The van der Waals surface area contributed by atoms with Gasteiger partial charge in [0.25, 0.3) is 5.91 Å². The predicted molar refractivity (Wildman–Crippen MR) is 83.1 cm³/mol. The van der Waals surface area contributed by atoms with Crippen LogP contribution in [0.15, 0.2) is 24.3 Å². The molecule has 1 atom stereocenters. The van der Waals surface area contributed by atoms with Gasteiger partial charge in [-0.25, -0.2) is 0 Å². The zero-order chi connectivity index (χ0) is 16.3. The number of hydrogen-bond acceptors (Lipinski definition) is 3. The quantitative estimate of drug-likeness (QED) is 0.924. The summed E-state index contributed by atoms with van der Waals surface area (Å²) in [6.07, 6.45) is 1.30. The first-order chi connectivity index (χ1) is 10.3. The minimum absolute atomic E-state index is 0.210. The van der Waals surface area contributed by atoms with Crippen molar-refractivity contribution in [2.24, 2.45) is 5.92 Å². The maximum atomic E-state index is 12.7. The van der Waals surface area contributed by atoms with E-state index in [9.17, 15) is 9.59 Å². The van der Waals surface area contributed by atoms with Crippen molar-refractivity contribution in [2.45, 2.75) is 32.3 Å². The number of hydrogen-bond donors (Lipinski definition) is 1. The molecule has 5 nitrogen and oxygen atoms in total. The zero-order valence-electron chi connectivity index (χ0n) is 12.7. The van der Waals surface area contributed by atoms with Gasteiger partial charge in [-0.1, -0.05) is 17.7 Å². The van der Waals surface area contributed by atoms with Crippen molar-refractivity contribution in [1.82, 2.24) is 4.90 Å². The number of aliphatic carboxylic acids is 1. The van der Waals surface area contributed by atoms with Crippen molar-refractivity contribution < 1.29 is 19.4 Å². The van der Waals surface area contributed by atoms with Gasteiger partial charge in [-0.15, -0.1) is 0 Å². The fraction of sp³-hybridized carbons (Fsp3) is 0.500. The summed E-state index contributed by atoms with van der Waals surface area (Å²) >= 11 is 5.92. The number of rotatable bonds is 4. The first-order valence-corrected chi connectivity index (χ1v) is 7.64. The normalized spacial score (nSPS) is 18.9. The second-order valence-electron chi connectivity index (χ2n) is 6.00. The van der Waals surface area contributed by atoms with Crippen molar-refractivity contribution >= 4 is 23.5 Å². The minimum Gasteiger partial charge on any atom is -0.481 e. The predicted octanol–water partition coefficient (Wildman–Crippen LogP) is 2.82. The number of carbonyl (C=O) groups is 2. The van der Waals surface area contributed by atoms with Crippen LogP contribution in [0.3, 0.4) is 0 Å². The number of ether oxygens (including phenoxy) is 1. The summed E-state index contributed by atoms with van der Waals surface area (Å²) in [5.41, 5.74) is -1.08. The number of carbonyl (C=O) groups excluding carboxylic acids is 1. The Morgan fingerprint density at radius 3 is 2.77 bits per heavy atom. The van der Waals surface area contributed by atoms with Crippen molar-refractivity contribution in [3.63, 3.8) is 0 Å². The standard InChI is InChI=1S/C16H20ClNO4/c1-16(2,22-13-7-3-6-12(17)9-13)15(21)18-8-4-5-11(10-18)14(19)20/h3,6-7,9,11H,4-5,8,10H2,1-2H3,(H,19,20)/t11-/m0/s1. The van der Waals surface area contributed by atoms with E-state index in [0.29, 0.717) is 30.2 Å². The average Bonchev–Trinajstić information content (AvgIpc) is 2.46. The number of amides is 1. The van der Waals surface area contributed by atoms with Crippen LogP contribution in [0.2, 0.25) is 5.02 Å². The van der Waals surface area contributed by atoms with E-state index in [1.54, 1.807) is 43.0 Å². The van der Waals surface area contributed by atoms with Gasteiger partial charge >= 0.3 is 5.97 Å². The van der Waals surface area contributed by atoms with Gasteiger partial charge in [0.2, 0.25) is 0 Å². The zero-order valence-corrected chi connectivity index (χ0v) is 13.5. The van der Waals surface area contributed by atoms with E-state index in [1.165, 1.54) is 0 Å². The molecule has 0 spiro atoms. The molecule has 1 aromatic carbocycles. The average molecular weight is 326 g/mol. The minimum atomic E-state index is -1.08. The summed E-state index contributed by atoms with van der Waals surface area (Å²) in [6.45, 7) is 4.16. The van der Waals surface area contributed by atoms with E-state index in [0.717, 1.165) is 0 Å². The highest BCUT2D eigenvalue weighted by atomic mass is 35.5. The highest BCUT2D eigenvalue weighted by molar-refractivity contribution is 6.30. The van der Waals surface area contributed by atoms with E-state index in [2.05, 4.69) is 0 Å². The summed E-state index contributed by atoms with van der Waals surface area (Å²) in [5, 5.41) is 9.65. The summed E-state index contributed by atoms with van der Waals surface area (Å²) < 4.78 is 5.77. The van der Waals surface area contributed by atoms with Crippen LogP contribution in [0.1, 0.15) is 26.7 Å². The van der Waals surface area contributed by atoms with E-state index >= 15 is 0 Å². The third-order valence-electron chi connectivity index (χ3n) is 3.74. The molecule has 1 amide bonds. The topological polar surface area (TPSA) is 66.8 Å². The molecule has 2 rings (SSSR count). The van der Waals surface area contributed by atoms with Gasteiger partial charge in [0.1, 0.15) is 5.75 Å². The number of halogens is 1. The second-order valence-corrected chi connectivity index (χ2v) is 6.43. The maximum Gasteiger partial charge on any atom is 0.308 e. The van der Waals surface area contributed by atoms with Gasteiger partial charge < -0.3 is 14.7 Å². The van der Waals surface area contributed by atoms with E-state index in [4.69, 9.17) is 21.4 Å². The van der Waals surface area contributed by atoms with E-state index < -0.39 is 17.5 Å². The lowest BCUT2D eigenvalue weighted by molar-refractivity contribution is -0.151. The van der Waals surface area contributed by atoms with Crippen LogP contribution in [0.4, 0.5) is 0 Å². The molecule has 120 valence electrons. The Kier molecular flexibility index (Phi) is 4.96. The van der Waals surface area contributed by atoms with Crippen LogP contribution in [0.25, 0.3) is 0 Å². The van der Waals surface area contributed by atoms with Gasteiger partial charge in [-0.05, 0) is 44.9 Å². The van der Waals surface area contributed by atoms with Crippen LogP contribution in [0, 0.1) is 5.92 Å². The van der Waals surface area contributed by atoms with Crippen LogP contribution in [-0.2, 0) is 9.59 Å². The molecule has 0 bridgehead atoms. The molecule has 1 aliphatic rings. The summed E-state index contributed by atoms with van der Waals surface area (Å²) in [6, 6.07) is 6.86. The summed E-state index contributed by atoms with van der Waals surface area (Å²) in [5.74, 6) is -1.05. The molecular weight excluding hydrogens is 306 g/mol. The van der Waals surface area contributed by atoms with E-state index in [-0.39, 0.29) is 12.5 Å². The largest absolute Gasteiger partial charge is 0.481 e. The van der Waals surface area contributed by atoms with Crippen molar-refractivity contribution in [2.75, 3.05) is 13.1 Å². The van der Waals surface area contributed by atoms with Crippen LogP contribution in [0.5, 0.6) is 5.75 Å². The lowest BCUT2D eigenvalue weighted by Crippen LogP contribution is -2.52. The Bertz CT molecular complexity index is 573. The molecule has 0 saturated carbocycles. The number of likely N-dealkylation sites (tertiary alicyclic amines) is 1. The third-order valence-corrected chi connectivity index (χ3v) is 3.98. The van der Waals surface area contributed by atoms with E-state index in [1.807, 2.05) is 0 Å². The molecule has 6 heteroatoms. The molecule has 0 radical (unpaired) electrons. The Morgan fingerprint density at radius 1 is 1.41 bits per heavy atom. The second kappa shape index (κ2) is 6.57. The number of nitrogens with zero attached hydrogens (tertiary/aromatic N) is 1. The van der Waals surface area contributed by atoms with Crippen LogP contribution >= 0.6 is 11.6 Å². The fourth-order valence-corrected chi connectivity index (χ4v) is 2.79. The molecule has 1 N–H and O–H groups in total. The summed E-state index contributed by atoms with van der Waals surface area (Å²) in [4.78, 5) is 25.3. The monoisotopic (exact) mass is 325 g/mol. The molecule has 0 unspecified atom stereocenters. The van der Waals surface area contributed by atoms with Crippen LogP contribution in [-0.4, -0.2) is 40.6 Å². The molecule has 1 aliphatic heterocycles. The molecule has 0 aliphatic carbocycles. The first kappa shape index (κ1) is 16.6. The van der Waals surface area contributed by atoms with Crippen molar-refractivity contribution in [3.05, 3.63) is 29.3 Å². The van der Waals surface area contributed by atoms with Gasteiger partial charge in [0.05, 0.1) is 5.92 Å². The number of benzene rings is 1. The van der Waals surface area contributed by atoms with Crippen molar-refractivity contribution in [3.8, 4) is 5.75 Å². The molecular formula is C16H20ClNO4. The third kappa shape index (κ3) is 3.91. The summed E-state index contributed by atoms with van der Waals surface area (Å²) in [7, 11) is 0. The SMILES string of the molecule is CC(C)(Oc1cccc(Cl)c1)C(=O)N1CCC[C@H](C(=O)O)C1. The van der Waals surface area contributed by atoms with Gasteiger partial charge in [-0.2, -0.15) is 0 Å². The Morgan fingerprint density at radius 2 is 2.14 bits per heavy atom. The van der Waals surface area contributed by atoms with Gasteiger partial charge in [0.15, 0.2) is 5.60 Å². The Labute approximate surface area is 134 Å².